The molecule has 7 nitrogen and oxygen atoms in total. The Bertz CT molecular complexity index is 1040. The summed E-state index contributed by atoms with van der Waals surface area (Å²) < 4.78 is 28.8. The van der Waals surface area contributed by atoms with Gasteiger partial charge in [0.2, 0.25) is 15.9 Å². The van der Waals surface area contributed by atoms with E-state index in [1.807, 2.05) is 19.1 Å². The number of nitrogens with zero attached hydrogens (tertiary/aromatic N) is 1. The second-order valence-corrected chi connectivity index (χ2v) is 9.68. The van der Waals surface area contributed by atoms with E-state index in [-0.39, 0.29) is 23.4 Å². The van der Waals surface area contributed by atoms with Gasteiger partial charge < -0.3 is 10.1 Å². The first kappa shape index (κ1) is 23.2. The first-order chi connectivity index (χ1) is 14.7. The summed E-state index contributed by atoms with van der Waals surface area (Å²) in [7, 11) is -2.21. The molecule has 1 saturated heterocycles. The van der Waals surface area contributed by atoms with Crippen LogP contribution >= 0.6 is 0 Å². The number of anilines is 1. The first-order valence-electron chi connectivity index (χ1n) is 10.5. The lowest BCUT2D eigenvalue weighted by molar-refractivity contribution is -0.117. The lowest BCUT2D eigenvalue weighted by Crippen LogP contribution is -2.36. The predicted octanol–water partition coefficient (Wildman–Crippen LogP) is 3.52. The van der Waals surface area contributed by atoms with E-state index in [0.29, 0.717) is 5.69 Å². The fourth-order valence-electron chi connectivity index (χ4n) is 4.06. The number of ether oxygens (including phenoxy) is 1. The molecule has 1 heterocycles. The third-order valence-corrected chi connectivity index (χ3v) is 6.85. The molecule has 0 unspecified atom stereocenters. The Hall–Kier alpha value is -2.42. The number of rotatable bonds is 6. The summed E-state index contributed by atoms with van der Waals surface area (Å²) >= 11 is 0. The molecule has 8 heteroatoms. The van der Waals surface area contributed by atoms with Gasteiger partial charge in [-0.2, -0.15) is 0 Å². The SMILES string of the molecule is COc1ccc([C@H]2CCCCCN2CC(=O)Nc2cc(S(N)(=O)=O)cc(C)c2C)cc1. The molecule has 3 rings (SSSR count). The van der Waals surface area contributed by atoms with Gasteiger partial charge in [-0.15, -0.1) is 0 Å². The fourth-order valence-corrected chi connectivity index (χ4v) is 4.68. The van der Waals surface area contributed by atoms with Crippen LogP contribution in [0.3, 0.4) is 0 Å². The van der Waals surface area contributed by atoms with Crippen LogP contribution in [0.2, 0.25) is 0 Å². The van der Waals surface area contributed by atoms with E-state index in [1.54, 1.807) is 14.0 Å². The van der Waals surface area contributed by atoms with Crippen LogP contribution in [0.15, 0.2) is 41.3 Å². The third-order valence-electron chi connectivity index (χ3n) is 5.95. The molecule has 168 valence electrons. The Morgan fingerprint density at radius 2 is 1.87 bits per heavy atom. The van der Waals surface area contributed by atoms with Gasteiger partial charge in [-0.1, -0.05) is 25.0 Å². The van der Waals surface area contributed by atoms with Crippen molar-refractivity contribution in [2.75, 3.05) is 25.5 Å². The normalized spacial score (nSPS) is 17.7. The quantitative estimate of drug-likeness (QED) is 0.708. The highest BCUT2D eigenvalue weighted by Crippen LogP contribution is 2.31. The molecule has 0 aromatic heterocycles. The summed E-state index contributed by atoms with van der Waals surface area (Å²) in [5.41, 5.74) is 3.22. The van der Waals surface area contributed by atoms with E-state index in [4.69, 9.17) is 9.88 Å². The topological polar surface area (TPSA) is 102 Å². The van der Waals surface area contributed by atoms with Crippen molar-refractivity contribution in [3.05, 3.63) is 53.1 Å². The number of hydrogen-bond donors (Lipinski definition) is 2. The zero-order valence-electron chi connectivity index (χ0n) is 18.3. The molecule has 1 aliphatic heterocycles. The third kappa shape index (κ3) is 5.84. The number of amides is 1. The van der Waals surface area contributed by atoms with Crippen LogP contribution in [0.4, 0.5) is 5.69 Å². The summed E-state index contributed by atoms with van der Waals surface area (Å²) in [5, 5.41) is 8.19. The Morgan fingerprint density at radius 1 is 1.16 bits per heavy atom. The zero-order valence-corrected chi connectivity index (χ0v) is 19.2. The highest BCUT2D eigenvalue weighted by atomic mass is 32.2. The largest absolute Gasteiger partial charge is 0.497 e. The molecule has 0 spiro atoms. The van der Waals surface area contributed by atoms with Crippen molar-refractivity contribution in [2.45, 2.75) is 50.5 Å². The van der Waals surface area contributed by atoms with E-state index < -0.39 is 10.0 Å². The first-order valence-corrected chi connectivity index (χ1v) is 12.1. The summed E-state index contributed by atoms with van der Waals surface area (Å²) in [6, 6.07) is 11.1. The van der Waals surface area contributed by atoms with Crippen molar-refractivity contribution in [1.82, 2.24) is 4.90 Å². The number of methoxy groups -OCH3 is 1. The monoisotopic (exact) mass is 445 g/mol. The van der Waals surface area contributed by atoms with Crippen molar-refractivity contribution in [3.8, 4) is 5.75 Å². The maximum Gasteiger partial charge on any atom is 0.238 e. The number of carbonyl (C=O) groups is 1. The molecule has 0 saturated carbocycles. The van der Waals surface area contributed by atoms with E-state index >= 15 is 0 Å². The highest BCUT2D eigenvalue weighted by Gasteiger charge is 2.25. The van der Waals surface area contributed by atoms with Gasteiger partial charge in [0, 0.05) is 11.7 Å². The Labute approximate surface area is 184 Å². The average Bonchev–Trinajstić information content (AvgIpc) is 2.96. The second-order valence-electron chi connectivity index (χ2n) is 8.11. The van der Waals surface area contributed by atoms with Crippen LogP contribution in [0.5, 0.6) is 5.75 Å². The summed E-state index contributed by atoms with van der Waals surface area (Å²) in [6.07, 6.45) is 4.28. The molecule has 2 aromatic rings. The van der Waals surface area contributed by atoms with Crippen molar-refractivity contribution in [3.63, 3.8) is 0 Å². The number of sulfonamides is 1. The molecular formula is C23H31N3O4S. The lowest BCUT2D eigenvalue weighted by Gasteiger charge is -2.30. The van der Waals surface area contributed by atoms with Gasteiger partial charge in [-0.05, 0) is 74.2 Å². The van der Waals surface area contributed by atoms with Crippen molar-refractivity contribution in [1.29, 1.82) is 0 Å². The Morgan fingerprint density at radius 3 is 2.52 bits per heavy atom. The Balaban J connectivity index is 1.79. The van der Waals surface area contributed by atoms with E-state index in [0.717, 1.165) is 49.1 Å². The van der Waals surface area contributed by atoms with Crippen LogP contribution in [-0.4, -0.2) is 39.4 Å². The fraction of sp³-hybridized carbons (Fsp3) is 0.435. The molecule has 2 aromatic carbocycles. The predicted molar refractivity (Wildman–Crippen MR) is 122 cm³/mol. The molecule has 1 fully saturated rings. The molecule has 1 amide bonds. The molecule has 1 atom stereocenters. The van der Waals surface area contributed by atoms with Gasteiger partial charge in [-0.3, -0.25) is 9.69 Å². The van der Waals surface area contributed by atoms with E-state index in [1.165, 1.54) is 17.7 Å². The van der Waals surface area contributed by atoms with Crippen LogP contribution in [0, 0.1) is 13.8 Å². The van der Waals surface area contributed by atoms with Gasteiger partial charge in [0.15, 0.2) is 0 Å². The lowest BCUT2D eigenvalue weighted by atomic mass is 10.0. The minimum absolute atomic E-state index is 0.00298. The Kier molecular flexibility index (Phi) is 7.35. The molecule has 1 aliphatic rings. The number of nitrogens with one attached hydrogen (secondary N) is 1. The van der Waals surface area contributed by atoms with Crippen LogP contribution in [0.1, 0.15) is 48.4 Å². The molecule has 0 bridgehead atoms. The van der Waals surface area contributed by atoms with Crippen LogP contribution < -0.4 is 15.2 Å². The number of nitrogens with two attached hydrogens (primary N) is 1. The van der Waals surface area contributed by atoms with Gasteiger partial charge in [0.25, 0.3) is 0 Å². The number of aryl methyl sites for hydroxylation is 1. The molecule has 0 radical (unpaired) electrons. The van der Waals surface area contributed by atoms with Gasteiger partial charge in [0.1, 0.15) is 5.75 Å². The molecule has 31 heavy (non-hydrogen) atoms. The maximum absolute atomic E-state index is 12.9. The van der Waals surface area contributed by atoms with Gasteiger partial charge >= 0.3 is 0 Å². The van der Waals surface area contributed by atoms with Gasteiger partial charge in [-0.25, -0.2) is 13.6 Å². The van der Waals surface area contributed by atoms with Gasteiger partial charge in [0.05, 0.1) is 18.6 Å². The number of carbonyl (C=O) groups excluding carboxylic acids is 1. The smallest absolute Gasteiger partial charge is 0.238 e. The summed E-state index contributed by atoms with van der Waals surface area (Å²) in [6.45, 7) is 4.71. The number of primary sulfonamides is 1. The van der Waals surface area contributed by atoms with Crippen LogP contribution in [0.25, 0.3) is 0 Å². The number of likely N-dealkylation sites (tertiary alicyclic amines) is 1. The summed E-state index contributed by atoms with van der Waals surface area (Å²) in [5.74, 6) is 0.636. The minimum atomic E-state index is -3.85. The minimum Gasteiger partial charge on any atom is -0.497 e. The van der Waals surface area contributed by atoms with Crippen molar-refractivity contribution >= 4 is 21.6 Å². The molecule has 3 N–H and O–H groups in total. The number of hydrogen-bond acceptors (Lipinski definition) is 5. The maximum atomic E-state index is 12.9. The molecule has 0 aliphatic carbocycles. The van der Waals surface area contributed by atoms with Crippen LogP contribution in [-0.2, 0) is 14.8 Å². The number of benzene rings is 2. The van der Waals surface area contributed by atoms with Crippen molar-refractivity contribution in [2.24, 2.45) is 5.14 Å². The van der Waals surface area contributed by atoms with E-state index in [9.17, 15) is 13.2 Å². The zero-order chi connectivity index (χ0) is 22.6. The van der Waals surface area contributed by atoms with E-state index in [2.05, 4.69) is 22.3 Å². The summed E-state index contributed by atoms with van der Waals surface area (Å²) in [4.78, 5) is 15.1. The highest BCUT2D eigenvalue weighted by molar-refractivity contribution is 7.89. The second kappa shape index (κ2) is 9.80. The van der Waals surface area contributed by atoms with Crippen molar-refractivity contribution < 1.29 is 17.9 Å². The average molecular weight is 446 g/mol. The standard InChI is InChI=1S/C23H31N3O4S/c1-16-13-20(31(24,28)29)14-21(17(16)2)25-23(27)15-26-12-6-4-5-7-22(26)18-8-10-19(30-3)11-9-18/h8-11,13-14,22H,4-7,12,15H2,1-3H3,(H,25,27)(H2,24,28,29)/t22-/m1/s1. The molecular weight excluding hydrogens is 414 g/mol.